The Kier molecular flexibility index (Phi) is 4.20. The number of aliphatic hydroxyl groups is 1. The van der Waals surface area contributed by atoms with E-state index in [1.807, 2.05) is 58.9 Å². The Morgan fingerprint density at radius 1 is 1.24 bits per heavy atom. The summed E-state index contributed by atoms with van der Waals surface area (Å²) >= 11 is 0. The molecule has 1 aliphatic rings. The number of hydrogen-bond acceptors (Lipinski definition) is 4. The van der Waals surface area contributed by atoms with Gasteiger partial charge in [-0.1, -0.05) is 18.2 Å². The van der Waals surface area contributed by atoms with Gasteiger partial charge in [0.1, 0.15) is 0 Å². The van der Waals surface area contributed by atoms with E-state index in [4.69, 9.17) is 15.0 Å². The molecule has 0 bridgehead atoms. The minimum Gasteiger partial charge on any atom is -0.400 e. The fourth-order valence-corrected chi connectivity index (χ4v) is 2.15. The predicted molar refractivity (Wildman–Crippen MR) is 86.7 cm³/mol. The Hall–Kier alpha value is -1.30. The van der Waals surface area contributed by atoms with Crippen molar-refractivity contribution in [1.29, 1.82) is 0 Å². The molecule has 0 aliphatic carbocycles. The van der Waals surface area contributed by atoms with Crippen LogP contribution in [0.4, 0.5) is 5.69 Å². The van der Waals surface area contributed by atoms with Crippen LogP contribution in [0.3, 0.4) is 0 Å². The molecule has 0 radical (unpaired) electrons. The SMILES string of the molecule is Cc1ccc(C=C(CO)B2OC(C)(C)C(C)(C)O2)cc1N. The summed E-state index contributed by atoms with van der Waals surface area (Å²) in [6.45, 7) is 9.81. The Balaban J connectivity index is 2.28. The van der Waals surface area contributed by atoms with Gasteiger partial charge in [0.05, 0.1) is 17.8 Å². The molecule has 0 atom stereocenters. The molecule has 1 aromatic carbocycles. The fraction of sp³-hybridized carbons (Fsp3) is 0.500. The summed E-state index contributed by atoms with van der Waals surface area (Å²) < 4.78 is 11.9. The van der Waals surface area contributed by atoms with E-state index >= 15 is 0 Å². The van der Waals surface area contributed by atoms with Crippen molar-refractivity contribution >= 4 is 18.9 Å². The molecule has 1 aromatic rings. The monoisotopic (exact) mass is 289 g/mol. The van der Waals surface area contributed by atoms with Crippen LogP contribution in [0.2, 0.25) is 0 Å². The van der Waals surface area contributed by atoms with Crippen LogP contribution in [0.15, 0.2) is 23.7 Å². The molecule has 21 heavy (non-hydrogen) atoms. The Bertz CT molecular complexity index is 551. The van der Waals surface area contributed by atoms with Crippen molar-refractivity contribution in [1.82, 2.24) is 0 Å². The molecule has 4 nitrogen and oxygen atoms in total. The van der Waals surface area contributed by atoms with Gasteiger partial charge in [-0.15, -0.1) is 0 Å². The van der Waals surface area contributed by atoms with Crippen molar-refractivity contribution in [3.63, 3.8) is 0 Å². The summed E-state index contributed by atoms with van der Waals surface area (Å²) in [4.78, 5) is 0. The molecule has 1 aliphatic heterocycles. The lowest BCUT2D eigenvalue weighted by molar-refractivity contribution is 0.00578. The minimum atomic E-state index is -0.539. The maximum atomic E-state index is 9.65. The number of nitrogen functional groups attached to an aromatic ring is 1. The molecule has 0 unspecified atom stereocenters. The molecular weight excluding hydrogens is 265 g/mol. The van der Waals surface area contributed by atoms with Crippen LogP contribution < -0.4 is 5.73 Å². The highest BCUT2D eigenvalue weighted by atomic mass is 16.7. The number of anilines is 1. The molecule has 0 saturated carbocycles. The molecule has 1 heterocycles. The van der Waals surface area contributed by atoms with E-state index in [1.165, 1.54) is 0 Å². The zero-order chi connectivity index (χ0) is 15.8. The third-order valence-electron chi connectivity index (χ3n) is 4.39. The predicted octanol–water partition coefficient (Wildman–Crippen LogP) is 2.58. The number of rotatable bonds is 3. The second-order valence-corrected chi connectivity index (χ2v) is 6.58. The highest BCUT2D eigenvalue weighted by Gasteiger charge is 2.52. The second kappa shape index (κ2) is 5.48. The second-order valence-electron chi connectivity index (χ2n) is 6.58. The highest BCUT2D eigenvalue weighted by Crippen LogP contribution is 2.38. The van der Waals surface area contributed by atoms with Crippen LogP contribution >= 0.6 is 0 Å². The molecule has 2 rings (SSSR count). The van der Waals surface area contributed by atoms with E-state index in [0.29, 0.717) is 5.47 Å². The smallest absolute Gasteiger partial charge is 0.400 e. The van der Waals surface area contributed by atoms with Gasteiger partial charge in [0.25, 0.3) is 0 Å². The Morgan fingerprint density at radius 3 is 2.29 bits per heavy atom. The van der Waals surface area contributed by atoms with Gasteiger partial charge in [-0.2, -0.15) is 0 Å². The zero-order valence-corrected chi connectivity index (χ0v) is 13.4. The van der Waals surface area contributed by atoms with Crippen LogP contribution in [0.1, 0.15) is 38.8 Å². The first kappa shape index (κ1) is 16.1. The largest absolute Gasteiger partial charge is 0.492 e. The van der Waals surface area contributed by atoms with Crippen molar-refractivity contribution in [2.24, 2.45) is 0 Å². The standard InChI is InChI=1S/C16H24BNO3/c1-11-6-7-12(9-14(11)18)8-13(10-19)17-20-15(2,3)16(4,5)21-17/h6-9,19H,10,18H2,1-5H3. The van der Waals surface area contributed by atoms with Crippen LogP contribution in [-0.4, -0.2) is 30.0 Å². The van der Waals surface area contributed by atoms with E-state index in [-0.39, 0.29) is 6.61 Å². The number of aliphatic hydroxyl groups excluding tert-OH is 1. The van der Waals surface area contributed by atoms with E-state index in [0.717, 1.165) is 16.8 Å². The van der Waals surface area contributed by atoms with E-state index in [2.05, 4.69) is 0 Å². The third-order valence-corrected chi connectivity index (χ3v) is 4.39. The molecule has 5 heteroatoms. The normalized spacial score (nSPS) is 20.9. The molecule has 114 valence electrons. The van der Waals surface area contributed by atoms with Crippen molar-refractivity contribution in [2.75, 3.05) is 12.3 Å². The summed E-state index contributed by atoms with van der Waals surface area (Å²) in [6.07, 6.45) is 1.87. The van der Waals surface area contributed by atoms with Crippen LogP contribution in [0.5, 0.6) is 0 Å². The lowest BCUT2D eigenvalue weighted by atomic mass is 9.77. The van der Waals surface area contributed by atoms with Crippen molar-refractivity contribution in [3.8, 4) is 0 Å². The van der Waals surface area contributed by atoms with Crippen molar-refractivity contribution < 1.29 is 14.4 Å². The van der Waals surface area contributed by atoms with Gasteiger partial charge in [-0.3, -0.25) is 0 Å². The zero-order valence-electron chi connectivity index (χ0n) is 13.4. The van der Waals surface area contributed by atoms with Crippen molar-refractivity contribution in [3.05, 3.63) is 34.8 Å². The lowest BCUT2D eigenvalue weighted by Gasteiger charge is -2.32. The number of hydrogen-bond donors (Lipinski definition) is 2. The van der Waals surface area contributed by atoms with E-state index in [9.17, 15) is 5.11 Å². The number of benzene rings is 1. The quantitative estimate of drug-likeness (QED) is 0.663. The summed E-state index contributed by atoms with van der Waals surface area (Å²) in [5.74, 6) is 0. The van der Waals surface area contributed by atoms with Crippen LogP contribution in [0, 0.1) is 6.92 Å². The highest BCUT2D eigenvalue weighted by molar-refractivity contribution is 6.55. The maximum Gasteiger partial charge on any atom is 0.492 e. The average molecular weight is 289 g/mol. The summed E-state index contributed by atoms with van der Waals surface area (Å²) in [6, 6.07) is 5.81. The third kappa shape index (κ3) is 3.15. The van der Waals surface area contributed by atoms with Gasteiger partial charge < -0.3 is 20.1 Å². The van der Waals surface area contributed by atoms with Gasteiger partial charge in [-0.05, 0) is 57.3 Å². The molecule has 3 N–H and O–H groups in total. The van der Waals surface area contributed by atoms with Gasteiger partial charge in [-0.25, -0.2) is 0 Å². The topological polar surface area (TPSA) is 64.7 Å². The Labute approximate surface area is 127 Å². The van der Waals surface area contributed by atoms with Gasteiger partial charge in [0.2, 0.25) is 0 Å². The first-order valence-electron chi connectivity index (χ1n) is 7.19. The summed E-state index contributed by atoms with van der Waals surface area (Å²) in [7, 11) is -0.539. The minimum absolute atomic E-state index is 0.120. The van der Waals surface area contributed by atoms with E-state index in [1.54, 1.807) is 0 Å². The maximum absolute atomic E-state index is 9.65. The van der Waals surface area contributed by atoms with Crippen LogP contribution in [0.25, 0.3) is 6.08 Å². The summed E-state index contributed by atoms with van der Waals surface area (Å²) in [5, 5.41) is 9.65. The molecule has 1 saturated heterocycles. The van der Waals surface area contributed by atoms with Crippen LogP contribution in [-0.2, 0) is 9.31 Å². The first-order chi connectivity index (χ1) is 9.66. The number of nitrogens with two attached hydrogens (primary N) is 1. The number of aryl methyl sites for hydroxylation is 1. The average Bonchev–Trinajstić information content (AvgIpc) is 2.59. The lowest BCUT2D eigenvalue weighted by Crippen LogP contribution is -2.41. The van der Waals surface area contributed by atoms with Gasteiger partial charge in [0, 0.05) is 5.69 Å². The molecular formula is C16H24BNO3. The van der Waals surface area contributed by atoms with Gasteiger partial charge >= 0.3 is 7.12 Å². The van der Waals surface area contributed by atoms with E-state index < -0.39 is 18.3 Å². The molecule has 0 aromatic heterocycles. The summed E-state index contributed by atoms with van der Waals surface area (Å²) in [5.41, 5.74) is 8.47. The first-order valence-corrected chi connectivity index (χ1v) is 7.19. The molecule has 0 amide bonds. The molecule has 0 spiro atoms. The van der Waals surface area contributed by atoms with Gasteiger partial charge in [0.15, 0.2) is 0 Å². The fourth-order valence-electron chi connectivity index (χ4n) is 2.15. The Morgan fingerprint density at radius 2 is 1.81 bits per heavy atom. The van der Waals surface area contributed by atoms with Crippen molar-refractivity contribution in [2.45, 2.75) is 45.8 Å². The molecule has 1 fully saturated rings.